The van der Waals surface area contributed by atoms with Gasteiger partial charge in [0.2, 0.25) is 0 Å². The number of nitrogens with zero attached hydrogens (tertiary/aromatic N) is 5. The third kappa shape index (κ3) is 3.21. The summed E-state index contributed by atoms with van der Waals surface area (Å²) < 4.78 is 1.74. The molecule has 0 unspecified atom stereocenters. The number of aliphatic imine (C=N–C) groups is 1. The van der Waals surface area contributed by atoms with Gasteiger partial charge in [-0.2, -0.15) is 5.10 Å². The Morgan fingerprint density at radius 1 is 1.38 bits per heavy atom. The van der Waals surface area contributed by atoms with Crippen molar-refractivity contribution in [3.05, 3.63) is 12.5 Å². The van der Waals surface area contributed by atoms with Crippen LogP contribution < -0.4 is 16.0 Å². The summed E-state index contributed by atoms with van der Waals surface area (Å²) in [6, 6.07) is 0.598. The van der Waals surface area contributed by atoms with E-state index in [1.54, 1.807) is 24.3 Å². The molecule has 0 atom stereocenters. The molecule has 2 aromatic rings. The topological polar surface area (TPSA) is 92.1 Å². The zero-order chi connectivity index (χ0) is 14.7. The van der Waals surface area contributed by atoms with Crippen molar-refractivity contribution in [1.82, 2.24) is 30.4 Å². The van der Waals surface area contributed by atoms with E-state index < -0.39 is 0 Å². The molecule has 8 nitrogen and oxygen atoms in total. The van der Waals surface area contributed by atoms with Crippen molar-refractivity contribution >= 4 is 22.8 Å². The van der Waals surface area contributed by atoms with Crippen molar-refractivity contribution in [2.75, 3.05) is 25.5 Å². The van der Waals surface area contributed by atoms with E-state index in [4.69, 9.17) is 0 Å². The lowest BCUT2D eigenvalue weighted by atomic mass is 10.4. The van der Waals surface area contributed by atoms with Gasteiger partial charge in [-0.3, -0.25) is 9.67 Å². The molecule has 0 aliphatic heterocycles. The first-order chi connectivity index (χ1) is 10.3. The fraction of sp³-hybridized carbons (Fsp3) is 0.538. The molecular formula is C13H20N8. The molecule has 0 saturated heterocycles. The Labute approximate surface area is 123 Å². The summed E-state index contributed by atoms with van der Waals surface area (Å²) in [4.78, 5) is 12.7. The lowest BCUT2D eigenvalue weighted by Gasteiger charge is -2.11. The summed E-state index contributed by atoms with van der Waals surface area (Å²) in [6.45, 7) is 1.50. The summed E-state index contributed by atoms with van der Waals surface area (Å²) >= 11 is 0. The largest absolute Gasteiger partial charge is 0.368 e. The van der Waals surface area contributed by atoms with Crippen LogP contribution in [-0.4, -0.2) is 51.9 Å². The molecule has 0 bridgehead atoms. The highest BCUT2D eigenvalue weighted by atomic mass is 15.3. The van der Waals surface area contributed by atoms with Gasteiger partial charge in [-0.15, -0.1) is 0 Å². The Morgan fingerprint density at radius 2 is 2.24 bits per heavy atom. The smallest absolute Gasteiger partial charge is 0.191 e. The minimum Gasteiger partial charge on any atom is -0.368 e. The van der Waals surface area contributed by atoms with Crippen molar-refractivity contribution in [3.63, 3.8) is 0 Å². The normalized spacial score (nSPS) is 15.2. The SMILES string of the molecule is CN=C(NCCNc1ncnc2c1cnn2C)NC1CC1. The van der Waals surface area contributed by atoms with Gasteiger partial charge in [0.25, 0.3) is 0 Å². The molecule has 3 N–H and O–H groups in total. The summed E-state index contributed by atoms with van der Waals surface area (Å²) in [5.74, 6) is 1.66. The highest BCUT2D eigenvalue weighted by molar-refractivity contribution is 5.86. The van der Waals surface area contributed by atoms with Gasteiger partial charge in [0.15, 0.2) is 11.6 Å². The highest BCUT2D eigenvalue weighted by Crippen LogP contribution is 2.18. The Hall–Kier alpha value is -2.38. The molecule has 112 valence electrons. The van der Waals surface area contributed by atoms with E-state index in [0.29, 0.717) is 6.04 Å². The molecule has 1 fully saturated rings. The first-order valence-corrected chi connectivity index (χ1v) is 7.11. The second-order valence-corrected chi connectivity index (χ2v) is 5.07. The minimum absolute atomic E-state index is 0.598. The first-order valence-electron chi connectivity index (χ1n) is 7.11. The van der Waals surface area contributed by atoms with Gasteiger partial charge in [0.05, 0.1) is 11.6 Å². The molecule has 8 heteroatoms. The monoisotopic (exact) mass is 288 g/mol. The summed E-state index contributed by atoms with van der Waals surface area (Å²) in [7, 11) is 3.66. The minimum atomic E-state index is 0.598. The lowest BCUT2D eigenvalue weighted by Crippen LogP contribution is -2.40. The van der Waals surface area contributed by atoms with E-state index in [1.165, 1.54) is 12.8 Å². The second-order valence-electron chi connectivity index (χ2n) is 5.07. The van der Waals surface area contributed by atoms with Crippen molar-refractivity contribution in [2.45, 2.75) is 18.9 Å². The van der Waals surface area contributed by atoms with Crippen LogP contribution in [0.1, 0.15) is 12.8 Å². The predicted octanol–water partition coefficient (Wildman–Crippen LogP) is 0.103. The summed E-state index contributed by atoms with van der Waals surface area (Å²) in [5, 5.41) is 15.0. The van der Waals surface area contributed by atoms with E-state index in [2.05, 4.69) is 36.0 Å². The molecule has 0 amide bonds. The van der Waals surface area contributed by atoms with Crippen LogP contribution in [0, 0.1) is 0 Å². The number of rotatable bonds is 5. The van der Waals surface area contributed by atoms with Gasteiger partial charge < -0.3 is 16.0 Å². The molecular weight excluding hydrogens is 268 g/mol. The fourth-order valence-electron chi connectivity index (χ4n) is 2.08. The molecule has 0 aromatic carbocycles. The van der Waals surface area contributed by atoms with Gasteiger partial charge in [-0.1, -0.05) is 0 Å². The Morgan fingerprint density at radius 3 is 3.00 bits per heavy atom. The zero-order valence-electron chi connectivity index (χ0n) is 12.3. The van der Waals surface area contributed by atoms with Gasteiger partial charge in [0, 0.05) is 33.2 Å². The maximum atomic E-state index is 4.27. The van der Waals surface area contributed by atoms with Crippen molar-refractivity contribution < 1.29 is 0 Å². The molecule has 1 aliphatic rings. The molecule has 1 aliphatic carbocycles. The number of aromatic nitrogens is 4. The average Bonchev–Trinajstić information content (AvgIpc) is 3.24. The molecule has 0 radical (unpaired) electrons. The third-order valence-electron chi connectivity index (χ3n) is 3.38. The molecule has 3 rings (SSSR count). The summed E-state index contributed by atoms with van der Waals surface area (Å²) in [6.07, 6.45) is 5.80. The molecule has 2 aromatic heterocycles. The predicted molar refractivity (Wildman–Crippen MR) is 82.3 cm³/mol. The zero-order valence-corrected chi connectivity index (χ0v) is 12.3. The number of guanidine groups is 1. The van der Waals surface area contributed by atoms with Crippen LogP contribution in [0.2, 0.25) is 0 Å². The van der Waals surface area contributed by atoms with Crippen molar-refractivity contribution in [2.24, 2.45) is 12.0 Å². The van der Waals surface area contributed by atoms with Crippen LogP contribution >= 0.6 is 0 Å². The van der Waals surface area contributed by atoms with Crippen LogP contribution in [0.4, 0.5) is 5.82 Å². The summed E-state index contributed by atoms with van der Waals surface area (Å²) in [5.41, 5.74) is 0.826. The van der Waals surface area contributed by atoms with Crippen molar-refractivity contribution in [3.8, 4) is 0 Å². The number of aryl methyl sites for hydroxylation is 1. The number of fused-ring (bicyclic) bond motifs is 1. The van der Waals surface area contributed by atoms with Crippen LogP contribution in [0.15, 0.2) is 17.5 Å². The number of nitrogens with one attached hydrogen (secondary N) is 3. The third-order valence-corrected chi connectivity index (χ3v) is 3.38. The Bertz CT molecular complexity index is 643. The van der Waals surface area contributed by atoms with Gasteiger partial charge in [0.1, 0.15) is 12.1 Å². The second kappa shape index (κ2) is 5.94. The number of anilines is 1. The quantitative estimate of drug-likeness (QED) is 0.411. The van der Waals surface area contributed by atoms with Gasteiger partial charge >= 0.3 is 0 Å². The maximum Gasteiger partial charge on any atom is 0.191 e. The standard InChI is InChI=1S/C13H20N8/c1-14-13(20-9-3-4-9)16-6-5-15-11-10-7-19-21(2)12(10)18-8-17-11/h7-9H,3-6H2,1-2H3,(H2,14,16,20)(H,15,17,18). The Kier molecular flexibility index (Phi) is 3.85. The number of hydrogen-bond donors (Lipinski definition) is 3. The lowest BCUT2D eigenvalue weighted by molar-refractivity contribution is 0.785. The molecule has 0 spiro atoms. The Balaban J connectivity index is 1.52. The first kappa shape index (κ1) is 13.6. The van der Waals surface area contributed by atoms with Crippen molar-refractivity contribution in [1.29, 1.82) is 0 Å². The molecule has 2 heterocycles. The van der Waals surface area contributed by atoms with E-state index in [0.717, 1.165) is 35.9 Å². The van der Waals surface area contributed by atoms with Crippen LogP contribution in [-0.2, 0) is 7.05 Å². The van der Waals surface area contributed by atoms with E-state index in [1.807, 2.05) is 7.05 Å². The van der Waals surface area contributed by atoms with Crippen LogP contribution in [0.3, 0.4) is 0 Å². The van der Waals surface area contributed by atoms with Gasteiger partial charge in [-0.25, -0.2) is 9.97 Å². The van der Waals surface area contributed by atoms with Crippen LogP contribution in [0.5, 0.6) is 0 Å². The molecule has 1 saturated carbocycles. The van der Waals surface area contributed by atoms with E-state index in [9.17, 15) is 0 Å². The fourth-order valence-corrected chi connectivity index (χ4v) is 2.08. The van der Waals surface area contributed by atoms with E-state index >= 15 is 0 Å². The van der Waals surface area contributed by atoms with E-state index in [-0.39, 0.29) is 0 Å². The maximum absolute atomic E-state index is 4.27. The van der Waals surface area contributed by atoms with Crippen LogP contribution in [0.25, 0.3) is 11.0 Å². The highest BCUT2D eigenvalue weighted by Gasteiger charge is 2.21. The molecule has 21 heavy (non-hydrogen) atoms. The van der Waals surface area contributed by atoms with Gasteiger partial charge in [-0.05, 0) is 12.8 Å². The number of hydrogen-bond acceptors (Lipinski definition) is 5. The average molecular weight is 288 g/mol.